The van der Waals surface area contributed by atoms with Crippen LogP contribution in [-0.2, 0) is 4.79 Å². The fourth-order valence-electron chi connectivity index (χ4n) is 3.76. The van der Waals surface area contributed by atoms with Crippen molar-refractivity contribution in [1.29, 1.82) is 0 Å². The summed E-state index contributed by atoms with van der Waals surface area (Å²) in [4.78, 5) is 31.6. The second-order valence-corrected chi connectivity index (χ2v) is 8.95. The van der Waals surface area contributed by atoms with Gasteiger partial charge in [0.05, 0.1) is 12.0 Å². The van der Waals surface area contributed by atoms with E-state index < -0.39 is 5.92 Å². The molecule has 0 radical (unpaired) electrons. The number of likely N-dealkylation sites (N-methyl/N-ethyl adjacent to an activating group) is 1. The molecule has 5 nitrogen and oxygen atoms in total. The highest BCUT2D eigenvalue weighted by atomic mass is 32.1. The standard InChI is InChI=1S/C22H29N3O2S/c1-15(2)14-25-20(18-10-7-13-28-18)19(21(26)23-11-12-24(3)4)16-8-5-6-9-17(16)22(25)27/h5-10,13,15,19-20H,11-12,14H2,1-4H3,(H,23,26). The summed E-state index contributed by atoms with van der Waals surface area (Å²) >= 11 is 1.60. The summed E-state index contributed by atoms with van der Waals surface area (Å²) in [5.41, 5.74) is 1.47. The summed E-state index contributed by atoms with van der Waals surface area (Å²) in [6.07, 6.45) is 0. The van der Waals surface area contributed by atoms with Crippen LogP contribution >= 0.6 is 11.3 Å². The number of thiophene rings is 1. The van der Waals surface area contributed by atoms with E-state index in [1.54, 1.807) is 11.3 Å². The lowest BCUT2D eigenvalue weighted by molar-refractivity contribution is -0.124. The molecule has 150 valence electrons. The molecule has 2 amide bonds. The van der Waals surface area contributed by atoms with E-state index in [1.807, 2.05) is 65.7 Å². The number of amides is 2. The van der Waals surface area contributed by atoms with Crippen LogP contribution in [-0.4, -0.2) is 55.3 Å². The van der Waals surface area contributed by atoms with E-state index in [2.05, 4.69) is 19.2 Å². The number of benzene rings is 1. The summed E-state index contributed by atoms with van der Waals surface area (Å²) in [7, 11) is 3.97. The molecule has 0 saturated carbocycles. The first kappa shape index (κ1) is 20.6. The summed E-state index contributed by atoms with van der Waals surface area (Å²) < 4.78 is 0. The number of rotatable bonds is 7. The van der Waals surface area contributed by atoms with Gasteiger partial charge in [0.2, 0.25) is 5.91 Å². The van der Waals surface area contributed by atoms with Crippen LogP contribution < -0.4 is 5.32 Å². The molecule has 1 aliphatic heterocycles. The van der Waals surface area contributed by atoms with Crippen molar-refractivity contribution in [1.82, 2.24) is 15.1 Å². The van der Waals surface area contributed by atoms with Gasteiger partial charge in [-0.2, -0.15) is 0 Å². The number of carbonyl (C=O) groups excluding carboxylic acids is 2. The third-order valence-corrected chi connectivity index (χ3v) is 5.92. The van der Waals surface area contributed by atoms with E-state index in [1.165, 1.54) is 0 Å². The first-order chi connectivity index (χ1) is 13.4. The van der Waals surface area contributed by atoms with Gasteiger partial charge in [-0.05, 0) is 43.1 Å². The fraction of sp³-hybridized carbons (Fsp3) is 0.455. The molecule has 6 heteroatoms. The topological polar surface area (TPSA) is 52.7 Å². The quantitative estimate of drug-likeness (QED) is 0.777. The number of fused-ring (bicyclic) bond motifs is 1. The van der Waals surface area contributed by atoms with Gasteiger partial charge < -0.3 is 15.1 Å². The predicted molar refractivity (Wildman–Crippen MR) is 114 cm³/mol. The molecule has 1 aromatic carbocycles. The van der Waals surface area contributed by atoms with Crippen molar-refractivity contribution < 1.29 is 9.59 Å². The Balaban J connectivity index is 2.04. The maximum atomic E-state index is 13.3. The number of hydrogen-bond donors (Lipinski definition) is 1. The van der Waals surface area contributed by atoms with Crippen molar-refractivity contribution >= 4 is 23.2 Å². The van der Waals surface area contributed by atoms with E-state index in [4.69, 9.17) is 0 Å². The number of nitrogens with zero attached hydrogens (tertiary/aromatic N) is 2. The Morgan fingerprint density at radius 1 is 1.21 bits per heavy atom. The Kier molecular flexibility index (Phi) is 6.52. The molecule has 0 spiro atoms. The van der Waals surface area contributed by atoms with E-state index in [0.717, 1.165) is 17.0 Å². The molecule has 2 unspecified atom stereocenters. The third kappa shape index (κ3) is 4.28. The Labute approximate surface area is 171 Å². The molecule has 3 rings (SSSR count). The molecule has 1 aromatic heterocycles. The highest BCUT2D eigenvalue weighted by Crippen LogP contribution is 2.44. The van der Waals surface area contributed by atoms with Crippen molar-refractivity contribution in [3.8, 4) is 0 Å². The zero-order valence-corrected chi connectivity index (χ0v) is 17.8. The van der Waals surface area contributed by atoms with Crippen molar-refractivity contribution in [2.24, 2.45) is 5.92 Å². The van der Waals surface area contributed by atoms with Gasteiger partial charge in [0.25, 0.3) is 5.91 Å². The van der Waals surface area contributed by atoms with Gasteiger partial charge in [-0.3, -0.25) is 9.59 Å². The minimum Gasteiger partial charge on any atom is -0.354 e. The second kappa shape index (κ2) is 8.88. The van der Waals surface area contributed by atoms with Gasteiger partial charge in [-0.15, -0.1) is 11.3 Å². The normalized spacial score (nSPS) is 19.2. The highest BCUT2D eigenvalue weighted by Gasteiger charge is 2.44. The molecule has 2 aromatic rings. The molecular formula is C22H29N3O2S. The van der Waals surface area contributed by atoms with Crippen LogP contribution in [0.4, 0.5) is 0 Å². The van der Waals surface area contributed by atoms with E-state index in [-0.39, 0.29) is 17.9 Å². The van der Waals surface area contributed by atoms with Crippen molar-refractivity contribution in [3.63, 3.8) is 0 Å². The summed E-state index contributed by atoms with van der Waals surface area (Å²) in [6.45, 7) is 6.19. The SMILES string of the molecule is CC(C)CN1C(=O)c2ccccc2C(C(=O)NCCN(C)C)C1c1cccs1. The van der Waals surface area contributed by atoms with Crippen molar-refractivity contribution in [3.05, 3.63) is 57.8 Å². The maximum Gasteiger partial charge on any atom is 0.254 e. The monoisotopic (exact) mass is 399 g/mol. The summed E-state index contributed by atoms with van der Waals surface area (Å²) in [6, 6.07) is 11.3. The van der Waals surface area contributed by atoms with E-state index in [0.29, 0.717) is 24.6 Å². The van der Waals surface area contributed by atoms with Crippen molar-refractivity contribution in [2.75, 3.05) is 33.7 Å². The zero-order chi connectivity index (χ0) is 20.3. The van der Waals surface area contributed by atoms with Gasteiger partial charge >= 0.3 is 0 Å². The van der Waals surface area contributed by atoms with Gasteiger partial charge in [-0.1, -0.05) is 38.1 Å². The Morgan fingerprint density at radius 2 is 1.96 bits per heavy atom. The summed E-state index contributed by atoms with van der Waals surface area (Å²) in [5, 5.41) is 5.10. The van der Waals surface area contributed by atoms with Crippen LogP contribution in [0.5, 0.6) is 0 Å². The molecule has 28 heavy (non-hydrogen) atoms. The van der Waals surface area contributed by atoms with Crippen molar-refractivity contribution in [2.45, 2.75) is 25.8 Å². The largest absolute Gasteiger partial charge is 0.354 e. The zero-order valence-electron chi connectivity index (χ0n) is 17.0. The number of hydrogen-bond acceptors (Lipinski definition) is 4. The Bertz CT molecular complexity index is 817. The number of carbonyl (C=O) groups is 2. The average molecular weight is 400 g/mol. The predicted octanol–water partition coefficient (Wildman–Crippen LogP) is 3.36. The van der Waals surface area contributed by atoms with Gasteiger partial charge in [0.15, 0.2) is 0 Å². The molecular weight excluding hydrogens is 370 g/mol. The molecule has 0 aliphatic carbocycles. The minimum absolute atomic E-state index is 0.0139. The molecule has 1 aliphatic rings. The van der Waals surface area contributed by atoms with Gasteiger partial charge in [0, 0.05) is 30.1 Å². The van der Waals surface area contributed by atoms with Crippen LogP contribution in [0.25, 0.3) is 0 Å². The van der Waals surface area contributed by atoms with Gasteiger partial charge in [0.1, 0.15) is 0 Å². The number of nitrogens with one attached hydrogen (secondary N) is 1. The Morgan fingerprint density at radius 3 is 2.61 bits per heavy atom. The maximum absolute atomic E-state index is 13.3. The average Bonchev–Trinajstić information content (AvgIpc) is 3.17. The molecule has 2 atom stereocenters. The minimum atomic E-state index is -0.409. The van der Waals surface area contributed by atoms with Crippen LogP contribution in [0, 0.1) is 5.92 Å². The molecule has 2 heterocycles. The fourth-order valence-corrected chi connectivity index (χ4v) is 4.63. The third-order valence-electron chi connectivity index (χ3n) is 4.98. The highest BCUT2D eigenvalue weighted by molar-refractivity contribution is 7.10. The van der Waals surface area contributed by atoms with Crippen LogP contribution in [0.3, 0.4) is 0 Å². The molecule has 0 fully saturated rings. The van der Waals surface area contributed by atoms with Crippen LogP contribution in [0.15, 0.2) is 41.8 Å². The lowest BCUT2D eigenvalue weighted by Crippen LogP contribution is -2.48. The van der Waals surface area contributed by atoms with E-state index in [9.17, 15) is 9.59 Å². The van der Waals surface area contributed by atoms with Crippen LogP contribution in [0.2, 0.25) is 0 Å². The lowest BCUT2D eigenvalue weighted by Gasteiger charge is -2.42. The summed E-state index contributed by atoms with van der Waals surface area (Å²) in [5.74, 6) is -0.100. The van der Waals surface area contributed by atoms with Gasteiger partial charge in [-0.25, -0.2) is 0 Å². The second-order valence-electron chi connectivity index (χ2n) is 7.97. The first-order valence-electron chi connectivity index (χ1n) is 9.76. The lowest BCUT2D eigenvalue weighted by atomic mass is 9.81. The Hall–Kier alpha value is -2.18. The molecule has 0 bridgehead atoms. The van der Waals surface area contributed by atoms with E-state index >= 15 is 0 Å². The van der Waals surface area contributed by atoms with Crippen LogP contribution in [0.1, 0.15) is 46.6 Å². The molecule has 1 N–H and O–H groups in total. The first-order valence-corrected chi connectivity index (χ1v) is 10.6. The smallest absolute Gasteiger partial charge is 0.254 e. The molecule has 0 saturated heterocycles.